The van der Waals surface area contributed by atoms with Gasteiger partial charge in [-0.2, -0.15) is 0 Å². The monoisotopic (exact) mass is 378 g/mol. The largest absolute Gasteiger partial charge is 0.460 e. The van der Waals surface area contributed by atoms with Gasteiger partial charge in [-0.3, -0.25) is 4.79 Å². The van der Waals surface area contributed by atoms with Gasteiger partial charge in [0.2, 0.25) is 0 Å². The van der Waals surface area contributed by atoms with E-state index in [1.54, 1.807) is 18.2 Å². The van der Waals surface area contributed by atoms with Crippen LogP contribution in [0.2, 0.25) is 5.02 Å². The van der Waals surface area contributed by atoms with Gasteiger partial charge in [-0.25, -0.2) is 4.79 Å². The second kappa shape index (κ2) is 6.10. The Balaban J connectivity index is 1.85. The summed E-state index contributed by atoms with van der Waals surface area (Å²) in [6.07, 6.45) is 1.89. The molecular formula is C22H15ClO4. The lowest BCUT2D eigenvalue weighted by atomic mass is 9.77. The number of Topliss-reactive ketones (excluding diaryl/α,β-unsaturated/α-hetero) is 1. The Bertz CT molecular complexity index is 1170. The molecule has 1 aromatic heterocycles. The average molecular weight is 379 g/mol. The summed E-state index contributed by atoms with van der Waals surface area (Å²) in [6.45, 7) is 0. The van der Waals surface area contributed by atoms with E-state index in [0.29, 0.717) is 46.1 Å². The first kappa shape index (κ1) is 16.3. The van der Waals surface area contributed by atoms with Crippen LogP contribution < -0.4 is 10.4 Å². The van der Waals surface area contributed by atoms with Crippen molar-refractivity contribution in [2.24, 2.45) is 0 Å². The molecule has 27 heavy (non-hydrogen) atoms. The van der Waals surface area contributed by atoms with Crippen LogP contribution >= 0.6 is 11.6 Å². The molecule has 1 aliphatic heterocycles. The lowest BCUT2D eigenvalue weighted by Crippen LogP contribution is -2.29. The van der Waals surface area contributed by atoms with Crippen molar-refractivity contribution >= 4 is 28.4 Å². The van der Waals surface area contributed by atoms with Crippen LogP contribution in [-0.2, 0) is 4.79 Å². The van der Waals surface area contributed by atoms with Crippen LogP contribution in [0, 0.1) is 0 Å². The molecule has 1 atom stereocenters. The van der Waals surface area contributed by atoms with Gasteiger partial charge in [-0.15, -0.1) is 0 Å². The quantitative estimate of drug-likeness (QED) is 0.560. The molecule has 0 N–H and O–H groups in total. The molecule has 0 amide bonds. The summed E-state index contributed by atoms with van der Waals surface area (Å²) < 4.78 is 11.7. The summed E-state index contributed by atoms with van der Waals surface area (Å²) in [5, 5.41) is 1.33. The lowest BCUT2D eigenvalue weighted by molar-refractivity contribution is -0.116. The van der Waals surface area contributed by atoms with Gasteiger partial charge in [-0.05, 0) is 36.2 Å². The minimum atomic E-state index is -0.505. The van der Waals surface area contributed by atoms with Crippen LogP contribution in [0.3, 0.4) is 0 Å². The van der Waals surface area contributed by atoms with Gasteiger partial charge in [0.1, 0.15) is 17.1 Å². The van der Waals surface area contributed by atoms with Crippen LogP contribution in [0.1, 0.15) is 36.3 Å². The van der Waals surface area contributed by atoms with Crippen LogP contribution in [0.25, 0.3) is 11.0 Å². The number of hydrogen-bond acceptors (Lipinski definition) is 4. The summed E-state index contributed by atoms with van der Waals surface area (Å²) in [6, 6.07) is 14.5. The highest BCUT2D eigenvalue weighted by Gasteiger charge is 2.39. The minimum absolute atomic E-state index is 0.0226. The molecule has 0 radical (unpaired) electrons. The standard InChI is InChI=1S/C22H15ClO4/c23-13-10-8-12(9-11-13)18-19-15(24)5-3-7-17(19)26-21-14-4-1-2-6-16(14)27-22(25)20(18)21/h1-2,4,6,8-11,18H,3,5,7H2. The normalized spacial score (nSPS) is 18.9. The maximum Gasteiger partial charge on any atom is 0.344 e. The number of benzene rings is 2. The fourth-order valence-corrected chi connectivity index (χ4v) is 4.14. The Labute approximate surface area is 160 Å². The van der Waals surface area contributed by atoms with Gasteiger partial charge >= 0.3 is 5.63 Å². The molecule has 0 saturated heterocycles. The first-order valence-electron chi connectivity index (χ1n) is 8.89. The first-order valence-corrected chi connectivity index (χ1v) is 9.26. The van der Waals surface area contributed by atoms with Crippen LogP contribution in [0.4, 0.5) is 0 Å². The number of rotatable bonds is 1. The SMILES string of the molecule is O=C1CCCC2=C1C(c1ccc(Cl)cc1)c1c(c3ccccc3oc1=O)O2. The van der Waals surface area contributed by atoms with Crippen molar-refractivity contribution in [3.05, 3.63) is 86.4 Å². The van der Waals surface area contributed by atoms with Gasteiger partial charge in [0, 0.05) is 23.4 Å². The minimum Gasteiger partial charge on any atom is -0.460 e. The molecule has 0 fully saturated rings. The molecule has 1 unspecified atom stereocenters. The molecule has 0 bridgehead atoms. The molecule has 2 aliphatic rings. The average Bonchev–Trinajstić information content (AvgIpc) is 2.68. The maximum absolute atomic E-state index is 12.9. The zero-order valence-corrected chi connectivity index (χ0v) is 15.1. The van der Waals surface area contributed by atoms with E-state index in [2.05, 4.69) is 0 Å². The Morgan fingerprint density at radius 3 is 2.56 bits per heavy atom. The van der Waals surface area contributed by atoms with Crippen molar-refractivity contribution in [1.29, 1.82) is 0 Å². The number of ketones is 1. The van der Waals surface area contributed by atoms with E-state index in [1.165, 1.54) is 0 Å². The second-order valence-electron chi connectivity index (χ2n) is 6.83. The molecule has 2 aromatic carbocycles. The van der Waals surface area contributed by atoms with Crippen molar-refractivity contribution in [3.63, 3.8) is 0 Å². The molecule has 0 saturated carbocycles. The van der Waals surface area contributed by atoms with E-state index >= 15 is 0 Å². The topological polar surface area (TPSA) is 56.5 Å². The van der Waals surface area contributed by atoms with Gasteiger partial charge < -0.3 is 9.15 Å². The molecule has 3 aromatic rings. The van der Waals surface area contributed by atoms with E-state index in [-0.39, 0.29) is 5.78 Å². The van der Waals surface area contributed by atoms with Gasteiger partial charge in [0.05, 0.1) is 16.9 Å². The number of allylic oxidation sites excluding steroid dienone is 2. The number of para-hydroxylation sites is 1. The molecule has 5 rings (SSSR count). The number of hydrogen-bond donors (Lipinski definition) is 0. The third-order valence-electron chi connectivity index (χ3n) is 5.21. The van der Waals surface area contributed by atoms with E-state index in [4.69, 9.17) is 20.8 Å². The maximum atomic E-state index is 12.9. The van der Waals surface area contributed by atoms with E-state index in [1.807, 2.05) is 30.3 Å². The molecule has 134 valence electrons. The van der Waals surface area contributed by atoms with Gasteiger partial charge in [-0.1, -0.05) is 35.9 Å². The fraction of sp³-hybridized carbons (Fsp3) is 0.182. The fourth-order valence-electron chi connectivity index (χ4n) is 4.01. The van der Waals surface area contributed by atoms with E-state index in [9.17, 15) is 9.59 Å². The highest BCUT2D eigenvalue weighted by molar-refractivity contribution is 6.30. The van der Waals surface area contributed by atoms with Crippen LogP contribution in [-0.4, -0.2) is 5.78 Å². The Morgan fingerprint density at radius 2 is 1.74 bits per heavy atom. The zero-order valence-electron chi connectivity index (χ0n) is 14.3. The van der Waals surface area contributed by atoms with E-state index < -0.39 is 11.5 Å². The Morgan fingerprint density at radius 1 is 0.963 bits per heavy atom. The second-order valence-corrected chi connectivity index (χ2v) is 7.27. The van der Waals surface area contributed by atoms with Gasteiger partial charge in [0.15, 0.2) is 5.78 Å². The van der Waals surface area contributed by atoms with Crippen LogP contribution in [0.5, 0.6) is 5.75 Å². The lowest BCUT2D eigenvalue weighted by Gasteiger charge is -2.32. The number of carbonyl (C=O) groups excluding carboxylic acids is 1. The summed E-state index contributed by atoms with van der Waals surface area (Å²) in [5.41, 5.74) is 1.77. The summed E-state index contributed by atoms with van der Waals surface area (Å²) in [7, 11) is 0. The highest BCUT2D eigenvalue weighted by atomic mass is 35.5. The smallest absolute Gasteiger partial charge is 0.344 e. The number of ether oxygens (including phenoxy) is 1. The molecule has 0 spiro atoms. The molecule has 4 nitrogen and oxygen atoms in total. The van der Waals surface area contributed by atoms with Crippen molar-refractivity contribution in [2.75, 3.05) is 0 Å². The highest BCUT2D eigenvalue weighted by Crippen LogP contribution is 2.47. The first-order chi connectivity index (χ1) is 13.1. The van der Waals surface area contributed by atoms with Crippen molar-refractivity contribution in [3.8, 4) is 5.75 Å². The van der Waals surface area contributed by atoms with Crippen LogP contribution in [0.15, 0.2) is 69.1 Å². The van der Waals surface area contributed by atoms with Gasteiger partial charge in [0.25, 0.3) is 0 Å². The third-order valence-corrected chi connectivity index (χ3v) is 5.47. The molecule has 5 heteroatoms. The van der Waals surface area contributed by atoms with Crippen molar-refractivity contribution < 1.29 is 13.9 Å². The Hall–Kier alpha value is -2.85. The Kier molecular flexibility index (Phi) is 3.69. The number of fused-ring (bicyclic) bond motifs is 3. The summed E-state index contributed by atoms with van der Waals surface area (Å²) in [5.74, 6) is 0.675. The number of carbonyl (C=O) groups is 1. The molecule has 2 heterocycles. The van der Waals surface area contributed by atoms with Crippen molar-refractivity contribution in [2.45, 2.75) is 25.2 Å². The summed E-state index contributed by atoms with van der Waals surface area (Å²) in [4.78, 5) is 25.7. The third kappa shape index (κ3) is 2.52. The predicted octanol–water partition coefficient (Wildman–Crippen LogP) is 4.98. The zero-order chi connectivity index (χ0) is 18.5. The molecule has 1 aliphatic carbocycles. The van der Waals surface area contributed by atoms with E-state index in [0.717, 1.165) is 17.4 Å². The molecular weight excluding hydrogens is 364 g/mol. The predicted molar refractivity (Wildman–Crippen MR) is 102 cm³/mol. The summed E-state index contributed by atoms with van der Waals surface area (Å²) >= 11 is 6.04. The van der Waals surface area contributed by atoms with Crippen molar-refractivity contribution in [1.82, 2.24) is 0 Å². The number of halogens is 1.